The Labute approximate surface area is 333 Å². The molecule has 0 aliphatic rings. The van der Waals surface area contributed by atoms with Gasteiger partial charge in [0.25, 0.3) is 0 Å². The van der Waals surface area contributed by atoms with Gasteiger partial charge in [-0.2, -0.15) is 0 Å². The molecule has 3 heterocycles. The van der Waals surface area contributed by atoms with Crippen molar-refractivity contribution in [3.05, 3.63) is 200 Å². The number of rotatable bonds is 7. The third kappa shape index (κ3) is 5.84. The van der Waals surface area contributed by atoms with Gasteiger partial charge < -0.3 is 9.32 Å². The van der Waals surface area contributed by atoms with Crippen LogP contribution in [0.3, 0.4) is 0 Å². The molecule has 0 fully saturated rings. The Morgan fingerprint density at radius 3 is 1.58 bits per heavy atom. The summed E-state index contributed by atoms with van der Waals surface area (Å²) in [5, 5.41) is 3.20. The topological polar surface area (TPSA) is 42.2 Å². The molecule has 0 amide bonds. The minimum Gasteiger partial charge on any atom is -0.456 e. The van der Waals surface area contributed by atoms with Crippen molar-refractivity contribution in [3.8, 4) is 44.9 Å². The highest BCUT2D eigenvalue weighted by molar-refractivity contribution is 7.26. The van der Waals surface area contributed by atoms with Gasteiger partial charge in [0.2, 0.25) is 0 Å². The number of hydrogen-bond donors (Lipinski definition) is 0. The molecule has 268 valence electrons. The van der Waals surface area contributed by atoms with Gasteiger partial charge in [0.05, 0.1) is 27.0 Å². The van der Waals surface area contributed by atoms with Gasteiger partial charge in [-0.25, -0.2) is 9.97 Å². The molecule has 11 rings (SSSR count). The van der Waals surface area contributed by atoms with Crippen LogP contribution in [0.2, 0.25) is 0 Å². The molecule has 0 unspecified atom stereocenters. The van der Waals surface area contributed by atoms with Crippen molar-refractivity contribution >= 4 is 70.6 Å². The van der Waals surface area contributed by atoms with Gasteiger partial charge in [0.15, 0.2) is 5.82 Å². The molecule has 0 saturated carbocycles. The second-order valence-electron chi connectivity index (χ2n) is 14.2. The standard InChI is InChI=1S/C52H33N3OS/c1-4-14-34(15-5-1)36-24-28-40(29-25-36)55(41-30-26-37(27-31-41)35-16-6-2-7-17-35)44-32-39(33-46-48(44)42-20-10-12-22-45(42)56-46)52-53-49(38-18-8-3-9-19-38)51-50(54-52)43-21-11-13-23-47(43)57-51/h1-33H. The summed E-state index contributed by atoms with van der Waals surface area (Å²) in [5.41, 5.74) is 13.1. The summed E-state index contributed by atoms with van der Waals surface area (Å²) in [6, 6.07) is 70.3. The Bertz CT molecular complexity index is 3130. The molecule has 11 aromatic rings. The zero-order chi connectivity index (χ0) is 37.7. The largest absolute Gasteiger partial charge is 0.456 e. The average Bonchev–Trinajstić information content (AvgIpc) is 3.86. The maximum atomic E-state index is 6.71. The van der Waals surface area contributed by atoms with Crippen LogP contribution < -0.4 is 4.90 Å². The summed E-state index contributed by atoms with van der Waals surface area (Å²) < 4.78 is 8.98. The van der Waals surface area contributed by atoms with E-state index in [2.05, 4.69) is 187 Å². The van der Waals surface area contributed by atoms with Gasteiger partial charge >= 0.3 is 0 Å². The molecule has 0 radical (unpaired) electrons. The SMILES string of the molecule is c1ccc(-c2ccc(N(c3ccc(-c4ccccc4)cc3)c3cc(-c4nc(-c5ccccc5)c5sc6ccccc6c5n4)cc4oc5ccccc5c34)cc2)cc1. The van der Waals surface area contributed by atoms with Crippen LogP contribution in [0.4, 0.5) is 17.1 Å². The van der Waals surface area contributed by atoms with Crippen LogP contribution in [0.15, 0.2) is 205 Å². The fourth-order valence-corrected chi connectivity index (χ4v) is 9.10. The minimum atomic E-state index is 0.646. The van der Waals surface area contributed by atoms with Crippen molar-refractivity contribution in [1.29, 1.82) is 0 Å². The van der Waals surface area contributed by atoms with Gasteiger partial charge in [-0.3, -0.25) is 0 Å². The highest BCUT2D eigenvalue weighted by Gasteiger charge is 2.24. The molecular weight excluding hydrogens is 715 g/mol. The molecule has 5 heteroatoms. The quantitative estimate of drug-likeness (QED) is 0.163. The Morgan fingerprint density at radius 2 is 0.947 bits per heavy atom. The van der Waals surface area contributed by atoms with Crippen molar-refractivity contribution in [3.63, 3.8) is 0 Å². The third-order valence-corrected chi connectivity index (χ3v) is 11.9. The molecule has 0 aliphatic heterocycles. The highest BCUT2D eigenvalue weighted by Crippen LogP contribution is 2.46. The first-order valence-corrected chi connectivity index (χ1v) is 19.9. The van der Waals surface area contributed by atoms with Crippen molar-refractivity contribution < 1.29 is 4.42 Å². The molecule has 8 aromatic carbocycles. The minimum absolute atomic E-state index is 0.646. The predicted octanol–water partition coefficient (Wildman–Crippen LogP) is 14.9. The van der Waals surface area contributed by atoms with E-state index in [1.165, 1.54) is 15.8 Å². The summed E-state index contributed by atoms with van der Waals surface area (Å²) in [5.74, 6) is 0.646. The molecular formula is C52H33N3OS. The van der Waals surface area contributed by atoms with E-state index in [0.29, 0.717) is 5.82 Å². The smallest absolute Gasteiger partial charge is 0.160 e. The fraction of sp³-hybridized carbons (Fsp3) is 0. The summed E-state index contributed by atoms with van der Waals surface area (Å²) in [6.45, 7) is 0. The molecule has 0 spiro atoms. The maximum Gasteiger partial charge on any atom is 0.160 e. The summed E-state index contributed by atoms with van der Waals surface area (Å²) >= 11 is 1.74. The van der Waals surface area contributed by atoms with Crippen molar-refractivity contribution in [2.45, 2.75) is 0 Å². The summed E-state index contributed by atoms with van der Waals surface area (Å²) in [4.78, 5) is 13.1. The van der Waals surface area contributed by atoms with E-state index < -0.39 is 0 Å². The van der Waals surface area contributed by atoms with E-state index in [0.717, 1.165) is 82.6 Å². The lowest BCUT2D eigenvalue weighted by Crippen LogP contribution is -2.11. The number of benzene rings is 8. The number of anilines is 3. The summed E-state index contributed by atoms with van der Waals surface area (Å²) in [7, 11) is 0. The second-order valence-corrected chi connectivity index (χ2v) is 15.2. The fourth-order valence-electron chi connectivity index (χ4n) is 7.94. The predicted molar refractivity (Wildman–Crippen MR) is 239 cm³/mol. The summed E-state index contributed by atoms with van der Waals surface area (Å²) in [6.07, 6.45) is 0. The zero-order valence-electron chi connectivity index (χ0n) is 30.7. The van der Waals surface area contributed by atoms with E-state index in [1.54, 1.807) is 11.3 Å². The second kappa shape index (κ2) is 13.7. The molecule has 57 heavy (non-hydrogen) atoms. The zero-order valence-corrected chi connectivity index (χ0v) is 31.5. The number of para-hydroxylation sites is 1. The van der Waals surface area contributed by atoms with E-state index in [9.17, 15) is 0 Å². The molecule has 0 saturated heterocycles. The molecule has 0 atom stereocenters. The normalized spacial score (nSPS) is 11.5. The monoisotopic (exact) mass is 747 g/mol. The number of hydrogen-bond acceptors (Lipinski definition) is 5. The van der Waals surface area contributed by atoms with Gasteiger partial charge in [0, 0.05) is 38.0 Å². The Morgan fingerprint density at radius 1 is 0.421 bits per heavy atom. The van der Waals surface area contributed by atoms with Crippen molar-refractivity contribution in [1.82, 2.24) is 9.97 Å². The third-order valence-electron chi connectivity index (χ3n) is 10.7. The van der Waals surface area contributed by atoms with Gasteiger partial charge in [0.1, 0.15) is 11.2 Å². The number of fused-ring (bicyclic) bond motifs is 6. The molecule has 0 N–H and O–H groups in total. The molecule has 3 aromatic heterocycles. The van der Waals surface area contributed by atoms with Crippen LogP contribution in [0.5, 0.6) is 0 Å². The average molecular weight is 748 g/mol. The number of aromatic nitrogens is 2. The van der Waals surface area contributed by atoms with Crippen LogP contribution in [0, 0.1) is 0 Å². The molecule has 4 nitrogen and oxygen atoms in total. The number of thiophene rings is 1. The lowest BCUT2D eigenvalue weighted by molar-refractivity contribution is 0.669. The Balaban J connectivity index is 1.17. The van der Waals surface area contributed by atoms with E-state index in [1.807, 2.05) is 18.2 Å². The van der Waals surface area contributed by atoms with Gasteiger partial charge in [-0.1, -0.05) is 152 Å². The van der Waals surface area contributed by atoms with Crippen molar-refractivity contribution in [2.24, 2.45) is 0 Å². The van der Waals surface area contributed by atoms with Crippen LogP contribution in [0.1, 0.15) is 0 Å². The van der Waals surface area contributed by atoms with Crippen LogP contribution >= 0.6 is 11.3 Å². The first kappa shape index (κ1) is 33.0. The maximum absolute atomic E-state index is 6.71. The number of furan rings is 1. The lowest BCUT2D eigenvalue weighted by Gasteiger charge is -2.27. The van der Waals surface area contributed by atoms with E-state index in [4.69, 9.17) is 14.4 Å². The van der Waals surface area contributed by atoms with Crippen LogP contribution in [-0.2, 0) is 0 Å². The van der Waals surface area contributed by atoms with Gasteiger partial charge in [-0.15, -0.1) is 11.3 Å². The number of nitrogens with zero attached hydrogens (tertiary/aromatic N) is 3. The first-order valence-electron chi connectivity index (χ1n) is 19.1. The van der Waals surface area contributed by atoms with Gasteiger partial charge in [-0.05, 0) is 70.8 Å². The highest BCUT2D eigenvalue weighted by atomic mass is 32.1. The Hall–Kier alpha value is -7.34. The lowest BCUT2D eigenvalue weighted by atomic mass is 10.0. The molecule has 0 aliphatic carbocycles. The Kier molecular flexibility index (Phi) is 7.97. The first-order chi connectivity index (χ1) is 28.2. The van der Waals surface area contributed by atoms with E-state index in [-0.39, 0.29) is 0 Å². The van der Waals surface area contributed by atoms with Crippen LogP contribution in [0.25, 0.3) is 87.1 Å². The van der Waals surface area contributed by atoms with E-state index >= 15 is 0 Å². The van der Waals surface area contributed by atoms with Crippen molar-refractivity contribution in [2.75, 3.05) is 4.90 Å². The molecule has 0 bridgehead atoms. The van der Waals surface area contributed by atoms with Crippen LogP contribution in [-0.4, -0.2) is 9.97 Å².